The highest BCUT2D eigenvalue weighted by Crippen LogP contribution is 2.44. The number of hydrogen-bond acceptors (Lipinski definition) is 6. The molecule has 4 N–H and O–H groups in total. The number of hydrogen-bond donors (Lipinski definition) is 3. The summed E-state index contributed by atoms with van der Waals surface area (Å²) in [4.78, 5) is 20.8. The summed E-state index contributed by atoms with van der Waals surface area (Å²) < 4.78 is 42.3. The predicted molar refractivity (Wildman–Crippen MR) is 86.6 cm³/mol. The van der Waals surface area contributed by atoms with Crippen LogP contribution in [0.3, 0.4) is 0 Å². The Bertz CT molecular complexity index is 677. The molecule has 0 bridgehead atoms. The number of ether oxygens (including phenoxy) is 1. The lowest BCUT2D eigenvalue weighted by molar-refractivity contribution is -0.764. The van der Waals surface area contributed by atoms with Crippen molar-refractivity contribution < 1.29 is 42.1 Å². The van der Waals surface area contributed by atoms with Crippen LogP contribution >= 0.6 is 7.82 Å². The zero-order valence-corrected chi connectivity index (χ0v) is 15.1. The lowest BCUT2D eigenvalue weighted by Crippen LogP contribution is -2.45. The molecular weight excluding hydrogens is 370 g/mol. The molecule has 1 aromatic heterocycles. The van der Waals surface area contributed by atoms with Crippen LogP contribution in [0.4, 0.5) is 4.39 Å². The van der Waals surface area contributed by atoms with E-state index in [1.807, 2.05) is 6.92 Å². The molecule has 0 radical (unpaired) electrons. The molecule has 26 heavy (non-hydrogen) atoms. The first-order valence-corrected chi connectivity index (χ1v) is 9.65. The minimum Gasteiger partial charge on any atom is -0.387 e. The monoisotopic (exact) mass is 393 g/mol. The molecule has 1 aromatic rings. The first-order valence-electron chi connectivity index (χ1n) is 8.15. The van der Waals surface area contributed by atoms with Gasteiger partial charge in [-0.2, -0.15) is 4.57 Å². The van der Waals surface area contributed by atoms with E-state index in [9.17, 15) is 23.7 Å². The van der Waals surface area contributed by atoms with Crippen molar-refractivity contribution in [2.75, 3.05) is 13.2 Å². The molecule has 1 aliphatic rings. The lowest BCUT2D eigenvalue weighted by atomic mass is 10.1. The second-order valence-corrected chi connectivity index (χ2v) is 7.31. The third kappa shape index (κ3) is 5.29. The van der Waals surface area contributed by atoms with E-state index in [0.717, 1.165) is 6.42 Å². The number of phosphoric ester groups is 1. The van der Waals surface area contributed by atoms with Gasteiger partial charge in [0.05, 0.1) is 13.2 Å². The van der Waals surface area contributed by atoms with Gasteiger partial charge in [0.2, 0.25) is 6.17 Å². The van der Waals surface area contributed by atoms with Gasteiger partial charge in [0, 0.05) is 6.07 Å². The molecule has 3 unspecified atom stereocenters. The van der Waals surface area contributed by atoms with E-state index in [1.165, 1.54) is 29.1 Å². The van der Waals surface area contributed by atoms with Gasteiger partial charge in [0.25, 0.3) is 12.1 Å². The Labute approximate surface area is 150 Å². The van der Waals surface area contributed by atoms with Crippen molar-refractivity contribution in [2.24, 2.45) is 5.73 Å². The van der Waals surface area contributed by atoms with E-state index < -0.39 is 44.9 Å². The standard InChI is InChI=1S/C15H22FN2O7P/c1-2-3-7-23-26(21,22)24-9-11-13(19)12(16)15(25-11)18-6-4-5-10(8-18)14(17)20/h4-6,8,11-13,15,19H,2-3,7,9H2,1H3,(H2-,17,20,21,22)/p+1/t11-,12?,13?,15-/m0/s1. The highest BCUT2D eigenvalue weighted by Gasteiger charge is 2.50. The molecule has 1 saturated heterocycles. The number of pyridine rings is 1. The smallest absolute Gasteiger partial charge is 0.387 e. The molecule has 2 rings (SSSR count). The van der Waals surface area contributed by atoms with Gasteiger partial charge in [0.15, 0.2) is 12.4 Å². The number of phosphoric acid groups is 1. The summed E-state index contributed by atoms with van der Waals surface area (Å²) in [5.74, 6) is -0.696. The molecule has 1 amide bonds. The van der Waals surface area contributed by atoms with Crippen LogP contribution in [-0.4, -0.2) is 47.5 Å². The molecule has 2 heterocycles. The number of amides is 1. The van der Waals surface area contributed by atoms with Crippen LogP contribution in [0.1, 0.15) is 36.4 Å². The van der Waals surface area contributed by atoms with Crippen LogP contribution in [0.15, 0.2) is 24.5 Å². The van der Waals surface area contributed by atoms with Crippen molar-refractivity contribution in [1.29, 1.82) is 0 Å². The normalized spacial score (nSPS) is 28.0. The molecule has 0 spiro atoms. The number of aromatic nitrogens is 1. The van der Waals surface area contributed by atoms with E-state index in [1.54, 1.807) is 0 Å². The number of unbranched alkanes of at least 4 members (excludes halogenated alkanes) is 1. The zero-order valence-electron chi connectivity index (χ0n) is 14.2. The fraction of sp³-hybridized carbons (Fsp3) is 0.600. The van der Waals surface area contributed by atoms with E-state index in [4.69, 9.17) is 19.5 Å². The van der Waals surface area contributed by atoms with Gasteiger partial charge in [-0.25, -0.2) is 8.96 Å². The van der Waals surface area contributed by atoms with Gasteiger partial charge in [-0.1, -0.05) is 13.3 Å². The van der Waals surface area contributed by atoms with Gasteiger partial charge in [0.1, 0.15) is 17.8 Å². The summed E-state index contributed by atoms with van der Waals surface area (Å²) in [6.45, 7) is 1.40. The lowest BCUT2D eigenvalue weighted by Gasteiger charge is -2.16. The summed E-state index contributed by atoms with van der Waals surface area (Å²) in [5, 5.41) is 9.98. The summed E-state index contributed by atoms with van der Waals surface area (Å²) in [7, 11) is -4.32. The highest BCUT2D eigenvalue weighted by molar-refractivity contribution is 7.47. The molecule has 11 heteroatoms. The van der Waals surface area contributed by atoms with Crippen molar-refractivity contribution in [3.63, 3.8) is 0 Å². The molecule has 0 aromatic carbocycles. The van der Waals surface area contributed by atoms with Crippen LogP contribution in [0.25, 0.3) is 0 Å². The largest absolute Gasteiger partial charge is 0.472 e. The number of aliphatic hydroxyl groups is 1. The van der Waals surface area contributed by atoms with Crippen molar-refractivity contribution in [3.8, 4) is 0 Å². The first kappa shape index (κ1) is 20.9. The van der Waals surface area contributed by atoms with Gasteiger partial charge in [-0.15, -0.1) is 0 Å². The van der Waals surface area contributed by atoms with Gasteiger partial charge in [-0.05, 0) is 12.5 Å². The molecular formula is C15H23FN2O7P+. The number of alkyl halides is 1. The number of halogens is 1. The number of aliphatic hydroxyl groups excluding tert-OH is 1. The maximum atomic E-state index is 14.4. The van der Waals surface area contributed by atoms with E-state index >= 15 is 0 Å². The van der Waals surface area contributed by atoms with E-state index in [-0.39, 0.29) is 12.2 Å². The van der Waals surface area contributed by atoms with Crippen molar-refractivity contribution in [1.82, 2.24) is 0 Å². The average molecular weight is 393 g/mol. The summed E-state index contributed by atoms with van der Waals surface area (Å²) in [6.07, 6.45) is -1.75. The van der Waals surface area contributed by atoms with Crippen molar-refractivity contribution in [2.45, 2.75) is 44.4 Å². The molecule has 1 aliphatic heterocycles. The number of nitrogens with two attached hydrogens (primary N) is 1. The van der Waals surface area contributed by atoms with Crippen LogP contribution in [0, 0.1) is 0 Å². The highest BCUT2D eigenvalue weighted by atomic mass is 31.2. The van der Waals surface area contributed by atoms with Crippen LogP contribution in [-0.2, 0) is 18.3 Å². The maximum Gasteiger partial charge on any atom is 0.472 e. The number of carbonyl (C=O) groups excluding carboxylic acids is 1. The fourth-order valence-corrected chi connectivity index (χ4v) is 3.18. The number of carbonyl (C=O) groups is 1. The maximum absolute atomic E-state index is 14.4. The van der Waals surface area contributed by atoms with Gasteiger partial charge >= 0.3 is 7.82 Å². The Morgan fingerprint density at radius 3 is 2.88 bits per heavy atom. The number of nitrogens with zero attached hydrogens (tertiary/aromatic N) is 1. The molecule has 0 aliphatic carbocycles. The predicted octanol–water partition coefficient (Wildman–Crippen LogP) is 0.603. The number of rotatable bonds is 9. The first-order chi connectivity index (χ1) is 12.2. The minimum atomic E-state index is -4.32. The zero-order chi connectivity index (χ0) is 19.3. The summed E-state index contributed by atoms with van der Waals surface area (Å²) in [6, 6.07) is 2.93. The van der Waals surface area contributed by atoms with Crippen LogP contribution in [0.2, 0.25) is 0 Å². The quantitative estimate of drug-likeness (QED) is 0.318. The summed E-state index contributed by atoms with van der Waals surface area (Å²) >= 11 is 0. The van der Waals surface area contributed by atoms with Gasteiger partial charge in [-0.3, -0.25) is 13.8 Å². The Morgan fingerprint density at radius 1 is 1.50 bits per heavy atom. The molecule has 9 nitrogen and oxygen atoms in total. The molecule has 1 fully saturated rings. The second-order valence-electron chi connectivity index (χ2n) is 5.86. The van der Waals surface area contributed by atoms with Crippen molar-refractivity contribution >= 4 is 13.7 Å². The third-order valence-corrected chi connectivity index (χ3v) is 4.83. The average Bonchev–Trinajstić information content (AvgIpc) is 2.88. The minimum absolute atomic E-state index is 0.0441. The SMILES string of the molecule is CCCCOP(=O)(O)OC[C@@H]1O[C@H]([n+]2cccc(C(N)=O)c2)C(F)C1O. The number of primary amides is 1. The second kappa shape index (κ2) is 8.98. The van der Waals surface area contributed by atoms with E-state index in [2.05, 4.69) is 0 Å². The third-order valence-electron chi connectivity index (χ3n) is 3.85. The molecule has 146 valence electrons. The Hall–Kier alpha value is -1.42. The molecule has 0 saturated carbocycles. The Kier molecular flexibility index (Phi) is 7.22. The van der Waals surface area contributed by atoms with Gasteiger partial charge < -0.3 is 20.5 Å². The van der Waals surface area contributed by atoms with Crippen molar-refractivity contribution in [3.05, 3.63) is 30.1 Å². The van der Waals surface area contributed by atoms with E-state index in [0.29, 0.717) is 6.42 Å². The molecule has 5 atom stereocenters. The summed E-state index contributed by atoms with van der Waals surface area (Å²) in [5.41, 5.74) is 5.33. The van der Waals surface area contributed by atoms with Crippen LogP contribution in [0.5, 0.6) is 0 Å². The Morgan fingerprint density at radius 2 is 2.23 bits per heavy atom. The fourth-order valence-electron chi connectivity index (χ4n) is 2.41. The van der Waals surface area contributed by atoms with Crippen LogP contribution < -0.4 is 10.3 Å². The Balaban J connectivity index is 2.00. The topological polar surface area (TPSA) is 132 Å².